The standard InChI is InChI=1S/C11H13BrN4/c12-8-1-2-9(14)10-7(8)3-5-15-11(10)16-6-4-13/h1-3,5H,4,6,13-14H2,(H,15,16). The Hall–Kier alpha value is -1.33. The molecule has 0 aliphatic carbocycles. The van der Waals surface area contributed by atoms with Crippen LogP contribution in [0.25, 0.3) is 10.8 Å². The molecule has 4 nitrogen and oxygen atoms in total. The number of nitrogens with zero attached hydrogens (tertiary/aromatic N) is 1. The van der Waals surface area contributed by atoms with E-state index in [4.69, 9.17) is 11.5 Å². The highest BCUT2D eigenvalue weighted by Crippen LogP contribution is 2.32. The lowest BCUT2D eigenvalue weighted by molar-refractivity contribution is 1.02. The third-order valence-electron chi connectivity index (χ3n) is 2.34. The highest BCUT2D eigenvalue weighted by molar-refractivity contribution is 9.10. The molecule has 5 heteroatoms. The van der Waals surface area contributed by atoms with Crippen molar-refractivity contribution in [2.75, 3.05) is 24.1 Å². The van der Waals surface area contributed by atoms with Crippen LogP contribution < -0.4 is 16.8 Å². The maximum absolute atomic E-state index is 5.97. The lowest BCUT2D eigenvalue weighted by Crippen LogP contribution is -2.14. The van der Waals surface area contributed by atoms with E-state index in [1.54, 1.807) is 6.20 Å². The van der Waals surface area contributed by atoms with Crippen LogP contribution in [0.3, 0.4) is 0 Å². The van der Waals surface area contributed by atoms with Gasteiger partial charge in [0, 0.05) is 40.2 Å². The maximum Gasteiger partial charge on any atom is 0.135 e. The Balaban J connectivity index is 2.61. The fourth-order valence-corrected chi connectivity index (χ4v) is 2.08. The summed E-state index contributed by atoms with van der Waals surface area (Å²) in [5, 5.41) is 5.15. The number of benzene rings is 1. The predicted octanol–water partition coefficient (Wildman–Crippen LogP) is 1.95. The molecule has 0 radical (unpaired) electrons. The third-order valence-corrected chi connectivity index (χ3v) is 3.03. The van der Waals surface area contributed by atoms with Crippen molar-refractivity contribution in [2.24, 2.45) is 5.73 Å². The Kier molecular flexibility index (Phi) is 3.26. The van der Waals surface area contributed by atoms with Crippen LogP contribution >= 0.6 is 15.9 Å². The lowest BCUT2D eigenvalue weighted by atomic mass is 10.1. The summed E-state index contributed by atoms with van der Waals surface area (Å²) in [5.74, 6) is 0.779. The highest BCUT2D eigenvalue weighted by atomic mass is 79.9. The van der Waals surface area contributed by atoms with Gasteiger partial charge in [-0.3, -0.25) is 0 Å². The van der Waals surface area contributed by atoms with Crippen molar-refractivity contribution in [3.63, 3.8) is 0 Å². The van der Waals surface area contributed by atoms with E-state index in [2.05, 4.69) is 26.2 Å². The second-order valence-corrected chi connectivity index (χ2v) is 4.29. The van der Waals surface area contributed by atoms with Crippen molar-refractivity contribution in [1.29, 1.82) is 0 Å². The molecule has 84 valence electrons. The van der Waals surface area contributed by atoms with E-state index < -0.39 is 0 Å². The Morgan fingerprint density at radius 1 is 1.31 bits per heavy atom. The van der Waals surface area contributed by atoms with E-state index in [1.807, 2.05) is 18.2 Å². The number of aromatic nitrogens is 1. The molecule has 0 aliphatic heterocycles. The summed E-state index contributed by atoms with van der Waals surface area (Å²) >= 11 is 3.50. The quantitative estimate of drug-likeness (QED) is 0.751. The summed E-state index contributed by atoms with van der Waals surface area (Å²) in [7, 11) is 0. The summed E-state index contributed by atoms with van der Waals surface area (Å²) < 4.78 is 1.01. The summed E-state index contributed by atoms with van der Waals surface area (Å²) in [4.78, 5) is 4.28. The number of nitrogens with two attached hydrogens (primary N) is 2. The maximum atomic E-state index is 5.97. The number of nitrogens with one attached hydrogen (secondary N) is 1. The fourth-order valence-electron chi connectivity index (χ4n) is 1.61. The van der Waals surface area contributed by atoms with Gasteiger partial charge in [0.2, 0.25) is 0 Å². The number of rotatable bonds is 3. The summed E-state index contributed by atoms with van der Waals surface area (Å²) in [6, 6.07) is 5.73. The zero-order chi connectivity index (χ0) is 11.5. The predicted molar refractivity (Wildman–Crippen MR) is 71.4 cm³/mol. The fraction of sp³-hybridized carbons (Fsp3) is 0.182. The molecular formula is C11H13BrN4. The van der Waals surface area contributed by atoms with E-state index in [9.17, 15) is 0 Å². The van der Waals surface area contributed by atoms with Gasteiger partial charge in [-0.25, -0.2) is 4.98 Å². The molecule has 0 aliphatic rings. The second kappa shape index (κ2) is 4.67. The van der Waals surface area contributed by atoms with Crippen LogP contribution in [0.5, 0.6) is 0 Å². The Bertz CT molecular complexity index is 513. The van der Waals surface area contributed by atoms with Crippen LogP contribution in [0, 0.1) is 0 Å². The Labute approximate surface area is 102 Å². The van der Waals surface area contributed by atoms with Gasteiger partial charge >= 0.3 is 0 Å². The van der Waals surface area contributed by atoms with Gasteiger partial charge in [0.1, 0.15) is 5.82 Å². The largest absolute Gasteiger partial charge is 0.398 e. The summed E-state index contributed by atoms with van der Waals surface area (Å²) in [5.41, 5.74) is 12.1. The van der Waals surface area contributed by atoms with Gasteiger partial charge < -0.3 is 16.8 Å². The van der Waals surface area contributed by atoms with E-state index in [0.717, 1.165) is 21.1 Å². The average Bonchev–Trinajstić information content (AvgIpc) is 2.31. The van der Waals surface area contributed by atoms with Crippen molar-refractivity contribution in [2.45, 2.75) is 0 Å². The van der Waals surface area contributed by atoms with Crippen LogP contribution in [-0.4, -0.2) is 18.1 Å². The molecule has 0 atom stereocenters. The number of hydrogen-bond acceptors (Lipinski definition) is 4. The van der Waals surface area contributed by atoms with Gasteiger partial charge in [-0.05, 0) is 18.2 Å². The highest BCUT2D eigenvalue weighted by Gasteiger charge is 2.07. The number of pyridine rings is 1. The minimum Gasteiger partial charge on any atom is -0.398 e. The van der Waals surface area contributed by atoms with Gasteiger partial charge in [-0.1, -0.05) is 15.9 Å². The number of anilines is 2. The van der Waals surface area contributed by atoms with E-state index in [-0.39, 0.29) is 0 Å². The van der Waals surface area contributed by atoms with Gasteiger partial charge in [0.25, 0.3) is 0 Å². The van der Waals surface area contributed by atoms with Gasteiger partial charge in [0.05, 0.1) is 0 Å². The van der Waals surface area contributed by atoms with E-state index in [0.29, 0.717) is 18.8 Å². The molecule has 0 bridgehead atoms. The van der Waals surface area contributed by atoms with Crippen molar-refractivity contribution < 1.29 is 0 Å². The third kappa shape index (κ3) is 1.96. The lowest BCUT2D eigenvalue weighted by Gasteiger charge is -2.10. The molecule has 0 spiro atoms. The minimum atomic E-state index is 0.561. The monoisotopic (exact) mass is 280 g/mol. The van der Waals surface area contributed by atoms with Gasteiger partial charge in [-0.15, -0.1) is 0 Å². The first-order chi connectivity index (χ1) is 7.74. The molecule has 1 aromatic carbocycles. The van der Waals surface area contributed by atoms with Crippen molar-refractivity contribution in [3.8, 4) is 0 Å². The van der Waals surface area contributed by atoms with Crippen LogP contribution in [0.4, 0.5) is 11.5 Å². The number of halogens is 1. The van der Waals surface area contributed by atoms with E-state index in [1.165, 1.54) is 0 Å². The molecular weight excluding hydrogens is 268 g/mol. The topological polar surface area (TPSA) is 77.0 Å². The van der Waals surface area contributed by atoms with Gasteiger partial charge in [-0.2, -0.15) is 0 Å². The van der Waals surface area contributed by atoms with Crippen LogP contribution in [-0.2, 0) is 0 Å². The molecule has 5 N–H and O–H groups in total. The smallest absolute Gasteiger partial charge is 0.135 e. The summed E-state index contributed by atoms with van der Waals surface area (Å²) in [6.45, 7) is 1.24. The first kappa shape index (κ1) is 11.2. The van der Waals surface area contributed by atoms with Gasteiger partial charge in [0.15, 0.2) is 0 Å². The number of hydrogen-bond donors (Lipinski definition) is 3. The first-order valence-corrected chi connectivity index (χ1v) is 5.80. The second-order valence-electron chi connectivity index (χ2n) is 3.43. The van der Waals surface area contributed by atoms with Crippen LogP contribution in [0.15, 0.2) is 28.9 Å². The normalized spacial score (nSPS) is 10.6. The molecule has 1 heterocycles. The molecule has 16 heavy (non-hydrogen) atoms. The molecule has 0 saturated heterocycles. The summed E-state index contributed by atoms with van der Waals surface area (Å²) in [6.07, 6.45) is 1.76. The number of nitrogen functional groups attached to an aromatic ring is 1. The first-order valence-electron chi connectivity index (χ1n) is 5.00. The Morgan fingerprint density at radius 2 is 2.12 bits per heavy atom. The van der Waals surface area contributed by atoms with Crippen LogP contribution in [0.2, 0.25) is 0 Å². The van der Waals surface area contributed by atoms with Crippen molar-refractivity contribution in [1.82, 2.24) is 4.98 Å². The molecule has 0 fully saturated rings. The minimum absolute atomic E-state index is 0.561. The zero-order valence-corrected chi connectivity index (χ0v) is 10.3. The van der Waals surface area contributed by atoms with Crippen molar-refractivity contribution in [3.05, 3.63) is 28.9 Å². The molecule has 2 rings (SSSR count). The number of fused-ring (bicyclic) bond motifs is 1. The molecule has 1 aromatic heterocycles. The molecule has 0 saturated carbocycles. The SMILES string of the molecule is NCCNc1nccc2c(Br)ccc(N)c12. The molecule has 2 aromatic rings. The Morgan fingerprint density at radius 3 is 2.88 bits per heavy atom. The van der Waals surface area contributed by atoms with Crippen LogP contribution in [0.1, 0.15) is 0 Å². The zero-order valence-electron chi connectivity index (χ0n) is 8.70. The average molecular weight is 281 g/mol. The van der Waals surface area contributed by atoms with E-state index >= 15 is 0 Å². The molecule has 0 unspecified atom stereocenters. The van der Waals surface area contributed by atoms with Crippen molar-refractivity contribution >= 4 is 38.2 Å². The molecule has 0 amide bonds.